The first-order valence-electron chi connectivity index (χ1n) is 11.2. The molecule has 7 nitrogen and oxygen atoms in total. The van der Waals surface area contributed by atoms with E-state index in [1.807, 2.05) is 12.1 Å². The van der Waals surface area contributed by atoms with Crippen LogP contribution in [0, 0.1) is 0 Å². The molecule has 0 saturated carbocycles. The lowest BCUT2D eigenvalue weighted by Gasteiger charge is -2.24. The standard InChI is InChI=1S/C25H29N3O4/c1-31-22-16-18(13-14-21(22)29)24-27-23(32-28-24)12-3-2-6-15-26-25(30)20-11-7-9-17-8-4-5-10-19(17)20/h4-5,8,10,13-14,16,20,29H,2-3,6-7,9,11-12,15H2,1H3,(H,26,30). The molecule has 0 bridgehead atoms. The molecule has 0 aliphatic heterocycles. The fourth-order valence-electron chi connectivity index (χ4n) is 4.23. The Kier molecular flexibility index (Phi) is 7.04. The Bertz CT molecular complexity index is 1060. The van der Waals surface area contributed by atoms with Crippen LogP contribution < -0.4 is 10.1 Å². The number of amides is 1. The first kappa shape index (κ1) is 21.9. The van der Waals surface area contributed by atoms with E-state index in [-0.39, 0.29) is 17.6 Å². The highest BCUT2D eigenvalue weighted by Crippen LogP contribution is 2.32. The molecule has 2 aromatic carbocycles. The number of rotatable bonds is 9. The molecule has 0 spiro atoms. The molecule has 0 radical (unpaired) electrons. The maximum Gasteiger partial charge on any atom is 0.227 e. The molecule has 168 valence electrons. The molecule has 32 heavy (non-hydrogen) atoms. The molecule has 1 aliphatic carbocycles. The second-order valence-corrected chi connectivity index (χ2v) is 8.14. The van der Waals surface area contributed by atoms with Crippen molar-refractivity contribution >= 4 is 5.91 Å². The monoisotopic (exact) mass is 435 g/mol. The lowest BCUT2D eigenvalue weighted by atomic mass is 9.82. The van der Waals surface area contributed by atoms with Crippen molar-refractivity contribution in [3.05, 3.63) is 59.5 Å². The van der Waals surface area contributed by atoms with Crippen LogP contribution in [0.2, 0.25) is 0 Å². The van der Waals surface area contributed by atoms with Crippen LogP contribution in [-0.4, -0.2) is 34.8 Å². The summed E-state index contributed by atoms with van der Waals surface area (Å²) < 4.78 is 10.5. The van der Waals surface area contributed by atoms with Crippen LogP contribution in [0.5, 0.6) is 11.5 Å². The molecule has 1 aromatic heterocycles. The van der Waals surface area contributed by atoms with Crippen molar-refractivity contribution in [2.75, 3.05) is 13.7 Å². The zero-order valence-corrected chi connectivity index (χ0v) is 18.3. The number of hydrogen-bond donors (Lipinski definition) is 2. The van der Waals surface area contributed by atoms with E-state index in [2.05, 4.69) is 27.6 Å². The molecule has 1 atom stereocenters. The summed E-state index contributed by atoms with van der Waals surface area (Å²) in [5, 5.41) is 16.8. The predicted octanol–water partition coefficient (Wildman–Crippen LogP) is 4.40. The van der Waals surface area contributed by atoms with Gasteiger partial charge in [-0.25, -0.2) is 0 Å². The molecular weight excluding hydrogens is 406 g/mol. The molecule has 0 fully saturated rings. The molecular formula is C25H29N3O4. The average Bonchev–Trinajstić information content (AvgIpc) is 3.30. The molecule has 7 heteroatoms. The number of nitrogens with one attached hydrogen (secondary N) is 1. The van der Waals surface area contributed by atoms with Crippen LogP contribution in [0.15, 0.2) is 47.0 Å². The van der Waals surface area contributed by atoms with Gasteiger partial charge in [0.05, 0.1) is 13.0 Å². The quantitative estimate of drug-likeness (QED) is 0.484. The van der Waals surface area contributed by atoms with E-state index in [1.54, 1.807) is 18.2 Å². The van der Waals surface area contributed by atoms with Gasteiger partial charge in [-0.2, -0.15) is 4.98 Å². The predicted molar refractivity (Wildman–Crippen MR) is 121 cm³/mol. The molecule has 3 aromatic rings. The Hall–Kier alpha value is -3.35. The number of hydrogen-bond acceptors (Lipinski definition) is 6. The number of phenols is 1. The van der Waals surface area contributed by atoms with E-state index in [4.69, 9.17) is 9.26 Å². The van der Waals surface area contributed by atoms with Gasteiger partial charge in [-0.15, -0.1) is 0 Å². The number of nitrogens with zero attached hydrogens (tertiary/aromatic N) is 2. The number of carbonyl (C=O) groups is 1. The number of benzene rings is 2. The highest BCUT2D eigenvalue weighted by Gasteiger charge is 2.25. The maximum atomic E-state index is 12.7. The van der Waals surface area contributed by atoms with E-state index in [9.17, 15) is 9.90 Å². The molecule has 1 amide bonds. The summed E-state index contributed by atoms with van der Waals surface area (Å²) in [6.07, 6.45) is 6.53. The summed E-state index contributed by atoms with van der Waals surface area (Å²) in [5.74, 6) is 1.61. The smallest absolute Gasteiger partial charge is 0.227 e. The van der Waals surface area contributed by atoms with Crippen molar-refractivity contribution in [1.29, 1.82) is 0 Å². The molecule has 1 heterocycles. The Labute approximate surface area is 187 Å². The summed E-state index contributed by atoms with van der Waals surface area (Å²) in [5.41, 5.74) is 3.22. The van der Waals surface area contributed by atoms with Gasteiger partial charge in [-0.1, -0.05) is 35.8 Å². The fourth-order valence-corrected chi connectivity index (χ4v) is 4.23. The first-order valence-corrected chi connectivity index (χ1v) is 11.2. The third-order valence-electron chi connectivity index (χ3n) is 5.96. The van der Waals surface area contributed by atoms with Crippen molar-refractivity contribution in [2.45, 2.75) is 50.9 Å². The van der Waals surface area contributed by atoms with E-state index < -0.39 is 0 Å². The highest BCUT2D eigenvalue weighted by atomic mass is 16.5. The zero-order chi connectivity index (χ0) is 22.3. The number of carbonyl (C=O) groups excluding carboxylic acids is 1. The Balaban J connectivity index is 1.19. The van der Waals surface area contributed by atoms with Gasteiger partial charge < -0.3 is 19.7 Å². The summed E-state index contributed by atoms with van der Waals surface area (Å²) in [6, 6.07) is 13.2. The Morgan fingerprint density at radius 1 is 1.22 bits per heavy atom. The van der Waals surface area contributed by atoms with E-state index >= 15 is 0 Å². The Morgan fingerprint density at radius 3 is 2.97 bits per heavy atom. The minimum Gasteiger partial charge on any atom is -0.504 e. The van der Waals surface area contributed by atoms with Crippen LogP contribution in [0.1, 0.15) is 55.0 Å². The normalized spacial score (nSPS) is 15.2. The van der Waals surface area contributed by atoms with Crippen molar-refractivity contribution in [2.24, 2.45) is 0 Å². The van der Waals surface area contributed by atoms with Gasteiger partial charge in [0, 0.05) is 18.5 Å². The number of unbranched alkanes of at least 4 members (excludes halogenated alkanes) is 2. The number of ether oxygens (including phenoxy) is 1. The van der Waals surface area contributed by atoms with Crippen LogP contribution in [0.3, 0.4) is 0 Å². The van der Waals surface area contributed by atoms with Crippen molar-refractivity contribution in [1.82, 2.24) is 15.5 Å². The number of fused-ring (bicyclic) bond motifs is 1. The third-order valence-corrected chi connectivity index (χ3v) is 5.96. The molecule has 1 aliphatic rings. The molecule has 0 saturated heterocycles. The molecule has 4 rings (SSSR count). The SMILES string of the molecule is COc1cc(-c2noc(CCCCCNC(=O)C3CCCc4ccccc43)n2)ccc1O. The van der Waals surface area contributed by atoms with Crippen LogP contribution >= 0.6 is 0 Å². The molecule has 1 unspecified atom stereocenters. The van der Waals surface area contributed by atoms with Gasteiger partial charge in [0.15, 0.2) is 11.5 Å². The highest BCUT2D eigenvalue weighted by molar-refractivity contribution is 5.84. The van der Waals surface area contributed by atoms with E-state index in [1.165, 1.54) is 18.2 Å². The van der Waals surface area contributed by atoms with Gasteiger partial charge in [0.2, 0.25) is 17.6 Å². The fraction of sp³-hybridized carbons (Fsp3) is 0.400. The maximum absolute atomic E-state index is 12.7. The summed E-state index contributed by atoms with van der Waals surface area (Å²) in [7, 11) is 1.50. The minimum atomic E-state index is -0.0183. The van der Waals surface area contributed by atoms with Crippen molar-refractivity contribution in [3.63, 3.8) is 0 Å². The number of aromatic hydroxyl groups is 1. The van der Waals surface area contributed by atoms with E-state index in [0.717, 1.165) is 44.1 Å². The summed E-state index contributed by atoms with van der Waals surface area (Å²) in [6.45, 7) is 0.680. The average molecular weight is 436 g/mol. The third kappa shape index (κ3) is 5.10. The molecule has 2 N–H and O–H groups in total. The zero-order valence-electron chi connectivity index (χ0n) is 18.3. The van der Waals surface area contributed by atoms with E-state index in [0.29, 0.717) is 30.4 Å². The summed E-state index contributed by atoms with van der Waals surface area (Å²) in [4.78, 5) is 17.1. The largest absolute Gasteiger partial charge is 0.504 e. The second-order valence-electron chi connectivity index (χ2n) is 8.14. The number of methoxy groups -OCH3 is 1. The lowest BCUT2D eigenvalue weighted by Crippen LogP contribution is -2.32. The van der Waals surface area contributed by atoms with Crippen LogP contribution in [-0.2, 0) is 17.6 Å². The Morgan fingerprint density at radius 2 is 2.09 bits per heavy atom. The van der Waals surface area contributed by atoms with Crippen molar-refractivity contribution in [3.8, 4) is 22.9 Å². The number of aryl methyl sites for hydroxylation is 2. The van der Waals surface area contributed by atoms with Gasteiger partial charge in [0.1, 0.15) is 0 Å². The summed E-state index contributed by atoms with van der Waals surface area (Å²) >= 11 is 0. The number of phenolic OH excluding ortho intramolecular Hbond substituents is 1. The van der Waals surface area contributed by atoms with Crippen LogP contribution in [0.4, 0.5) is 0 Å². The van der Waals surface area contributed by atoms with Gasteiger partial charge in [-0.05, 0) is 61.4 Å². The van der Waals surface area contributed by atoms with Gasteiger partial charge >= 0.3 is 0 Å². The van der Waals surface area contributed by atoms with Gasteiger partial charge in [-0.3, -0.25) is 4.79 Å². The van der Waals surface area contributed by atoms with Gasteiger partial charge in [0.25, 0.3) is 0 Å². The number of aromatic nitrogens is 2. The minimum absolute atomic E-state index is 0.0183. The van der Waals surface area contributed by atoms with Crippen LogP contribution in [0.25, 0.3) is 11.4 Å². The topological polar surface area (TPSA) is 97.5 Å². The lowest BCUT2D eigenvalue weighted by molar-refractivity contribution is -0.122. The van der Waals surface area contributed by atoms with Crippen molar-refractivity contribution < 1.29 is 19.2 Å². The second kappa shape index (κ2) is 10.3. The first-order chi connectivity index (χ1) is 15.7.